The van der Waals surface area contributed by atoms with Crippen LogP contribution >= 0.6 is 11.5 Å². The van der Waals surface area contributed by atoms with Crippen molar-refractivity contribution in [2.24, 2.45) is 0 Å². The highest BCUT2D eigenvalue weighted by Crippen LogP contribution is 2.19. The van der Waals surface area contributed by atoms with E-state index >= 15 is 0 Å². The van der Waals surface area contributed by atoms with Crippen LogP contribution in [0.1, 0.15) is 29.0 Å². The number of carbonyl (C=O) groups is 1. The Hall–Kier alpha value is -1.95. The molecule has 0 aliphatic rings. The molecule has 88 valence electrons. The van der Waals surface area contributed by atoms with Gasteiger partial charge >= 0.3 is 0 Å². The lowest BCUT2D eigenvalue weighted by atomic mass is 10.1. The monoisotopic (exact) mass is 248 g/mol. The second kappa shape index (κ2) is 4.92. The Bertz CT molecular complexity index is 512. The zero-order valence-electron chi connectivity index (χ0n) is 9.25. The molecule has 0 saturated carbocycles. The van der Waals surface area contributed by atoms with Crippen LogP contribution in [0.5, 0.6) is 0 Å². The van der Waals surface area contributed by atoms with Gasteiger partial charge in [-0.15, -0.1) is 5.10 Å². The van der Waals surface area contributed by atoms with Gasteiger partial charge in [0, 0.05) is 11.1 Å². The van der Waals surface area contributed by atoms with Gasteiger partial charge in [0.1, 0.15) is 0 Å². The Morgan fingerprint density at radius 1 is 1.47 bits per heavy atom. The third kappa shape index (κ3) is 2.59. The molecule has 2 rings (SSSR count). The van der Waals surface area contributed by atoms with Gasteiger partial charge in [-0.3, -0.25) is 4.79 Å². The molecule has 1 aromatic heterocycles. The summed E-state index contributed by atoms with van der Waals surface area (Å²) in [5.74, 6) is -0.241. The number of anilines is 1. The molecule has 1 amide bonds. The van der Waals surface area contributed by atoms with Gasteiger partial charge in [-0.2, -0.15) is 0 Å². The van der Waals surface area contributed by atoms with E-state index in [1.165, 1.54) is 0 Å². The molecular weight excluding hydrogens is 236 g/mol. The minimum atomic E-state index is -0.241. The quantitative estimate of drug-likeness (QED) is 0.809. The summed E-state index contributed by atoms with van der Waals surface area (Å²) in [5.41, 5.74) is 7.72. The lowest BCUT2D eigenvalue weighted by molar-refractivity contribution is 0.0935. The summed E-state index contributed by atoms with van der Waals surface area (Å²) in [6.07, 6.45) is 0. The number of rotatable bonds is 3. The number of aromatic nitrogens is 2. The van der Waals surface area contributed by atoms with Crippen LogP contribution in [0.4, 0.5) is 5.69 Å². The van der Waals surface area contributed by atoms with E-state index in [1.54, 1.807) is 5.38 Å². The van der Waals surface area contributed by atoms with E-state index in [2.05, 4.69) is 14.9 Å². The molecule has 0 aliphatic heterocycles. The number of carbonyl (C=O) groups excluding carboxylic acids is 1. The summed E-state index contributed by atoms with van der Waals surface area (Å²) in [5, 5.41) is 8.14. The van der Waals surface area contributed by atoms with Crippen molar-refractivity contribution in [1.29, 1.82) is 0 Å². The Morgan fingerprint density at radius 2 is 2.24 bits per heavy atom. The van der Waals surface area contributed by atoms with E-state index in [-0.39, 0.29) is 11.9 Å². The number of nitrogen functional groups attached to an aromatic ring is 1. The molecule has 0 bridgehead atoms. The number of hydrogen-bond donors (Lipinski definition) is 2. The maximum atomic E-state index is 11.8. The van der Waals surface area contributed by atoms with Crippen molar-refractivity contribution in [3.05, 3.63) is 40.9 Å². The first-order valence-electron chi connectivity index (χ1n) is 5.11. The largest absolute Gasteiger partial charge is 0.398 e. The number of para-hydroxylation sites is 1. The van der Waals surface area contributed by atoms with Gasteiger partial charge < -0.3 is 11.1 Å². The summed E-state index contributed by atoms with van der Waals surface area (Å²) in [6, 6.07) is 7.28. The van der Waals surface area contributed by atoms with Crippen molar-refractivity contribution in [3.8, 4) is 0 Å². The molecule has 1 heterocycles. The Morgan fingerprint density at radius 3 is 2.88 bits per heavy atom. The molecule has 1 atom stereocenters. The van der Waals surface area contributed by atoms with Crippen LogP contribution in [-0.2, 0) is 0 Å². The van der Waals surface area contributed by atoms with Crippen LogP contribution in [0.15, 0.2) is 29.6 Å². The smallest absolute Gasteiger partial charge is 0.273 e. The fourth-order valence-electron chi connectivity index (χ4n) is 1.52. The zero-order valence-corrected chi connectivity index (χ0v) is 10.1. The topological polar surface area (TPSA) is 80.9 Å². The van der Waals surface area contributed by atoms with E-state index in [0.29, 0.717) is 11.4 Å². The molecule has 0 aliphatic carbocycles. The number of nitrogens with one attached hydrogen (secondary N) is 1. The summed E-state index contributed by atoms with van der Waals surface area (Å²) >= 11 is 1.15. The molecule has 0 fully saturated rings. The molecule has 0 radical (unpaired) electrons. The van der Waals surface area contributed by atoms with E-state index in [9.17, 15) is 4.79 Å². The highest BCUT2D eigenvalue weighted by molar-refractivity contribution is 7.03. The fourth-order valence-corrected chi connectivity index (χ4v) is 1.95. The summed E-state index contributed by atoms with van der Waals surface area (Å²) in [4.78, 5) is 11.8. The highest BCUT2D eigenvalue weighted by atomic mass is 32.1. The van der Waals surface area contributed by atoms with Gasteiger partial charge in [-0.1, -0.05) is 22.7 Å². The predicted molar refractivity (Wildman–Crippen MR) is 66.6 cm³/mol. The molecule has 0 spiro atoms. The van der Waals surface area contributed by atoms with Gasteiger partial charge in [-0.05, 0) is 30.1 Å². The molecule has 2 aromatic rings. The third-order valence-electron chi connectivity index (χ3n) is 2.40. The van der Waals surface area contributed by atoms with Crippen molar-refractivity contribution in [2.45, 2.75) is 13.0 Å². The second-order valence-corrected chi connectivity index (χ2v) is 4.22. The van der Waals surface area contributed by atoms with Crippen molar-refractivity contribution in [1.82, 2.24) is 14.9 Å². The van der Waals surface area contributed by atoms with Crippen LogP contribution in [0.3, 0.4) is 0 Å². The molecule has 5 nitrogen and oxygen atoms in total. The van der Waals surface area contributed by atoms with Gasteiger partial charge in [0.2, 0.25) is 0 Å². The first kappa shape index (κ1) is 11.5. The standard InChI is InChI=1S/C11H12N4OS/c1-7(8-4-2-3-5-9(8)12)13-11(16)10-6-17-15-14-10/h2-7H,12H2,1H3,(H,13,16). The van der Waals surface area contributed by atoms with Crippen molar-refractivity contribution in [2.75, 3.05) is 5.73 Å². The van der Waals surface area contributed by atoms with E-state index in [0.717, 1.165) is 17.1 Å². The molecular formula is C11H12N4OS. The summed E-state index contributed by atoms with van der Waals surface area (Å²) in [6.45, 7) is 1.88. The van der Waals surface area contributed by atoms with Gasteiger partial charge in [0.05, 0.1) is 6.04 Å². The van der Waals surface area contributed by atoms with Crippen LogP contribution in [0.25, 0.3) is 0 Å². The van der Waals surface area contributed by atoms with Crippen LogP contribution < -0.4 is 11.1 Å². The SMILES string of the molecule is CC(NC(=O)c1csnn1)c1ccccc1N. The Kier molecular flexibility index (Phi) is 3.34. The number of benzene rings is 1. The van der Waals surface area contributed by atoms with E-state index in [1.807, 2.05) is 31.2 Å². The minimum Gasteiger partial charge on any atom is -0.398 e. The molecule has 17 heavy (non-hydrogen) atoms. The normalized spacial score (nSPS) is 12.1. The Balaban J connectivity index is 2.10. The lowest BCUT2D eigenvalue weighted by Crippen LogP contribution is -2.27. The summed E-state index contributed by atoms with van der Waals surface area (Å²) in [7, 11) is 0. The maximum absolute atomic E-state index is 11.8. The maximum Gasteiger partial charge on any atom is 0.273 e. The van der Waals surface area contributed by atoms with Gasteiger partial charge in [0.25, 0.3) is 5.91 Å². The van der Waals surface area contributed by atoms with Crippen molar-refractivity contribution >= 4 is 23.1 Å². The summed E-state index contributed by atoms with van der Waals surface area (Å²) < 4.78 is 3.65. The Labute approximate surface area is 103 Å². The van der Waals surface area contributed by atoms with Crippen molar-refractivity contribution < 1.29 is 4.79 Å². The second-order valence-electron chi connectivity index (χ2n) is 3.61. The molecule has 6 heteroatoms. The van der Waals surface area contributed by atoms with E-state index in [4.69, 9.17) is 5.73 Å². The lowest BCUT2D eigenvalue weighted by Gasteiger charge is -2.15. The first-order chi connectivity index (χ1) is 8.18. The number of hydrogen-bond acceptors (Lipinski definition) is 5. The first-order valence-corrected chi connectivity index (χ1v) is 5.94. The van der Waals surface area contributed by atoms with Crippen molar-refractivity contribution in [3.63, 3.8) is 0 Å². The van der Waals surface area contributed by atoms with Crippen LogP contribution in [-0.4, -0.2) is 15.5 Å². The third-order valence-corrected chi connectivity index (χ3v) is 2.91. The number of nitrogens with zero attached hydrogens (tertiary/aromatic N) is 2. The highest BCUT2D eigenvalue weighted by Gasteiger charge is 2.14. The number of amides is 1. The zero-order chi connectivity index (χ0) is 12.3. The van der Waals surface area contributed by atoms with E-state index < -0.39 is 0 Å². The average molecular weight is 248 g/mol. The van der Waals surface area contributed by atoms with Crippen LogP contribution in [0, 0.1) is 0 Å². The van der Waals surface area contributed by atoms with Gasteiger partial charge in [0.15, 0.2) is 5.69 Å². The molecule has 1 unspecified atom stereocenters. The molecule has 0 saturated heterocycles. The molecule has 1 aromatic carbocycles. The minimum absolute atomic E-state index is 0.162. The fraction of sp³-hybridized carbons (Fsp3) is 0.182. The molecule has 3 N–H and O–H groups in total. The predicted octanol–water partition coefficient (Wildman–Crippen LogP) is 1.61. The number of nitrogens with two attached hydrogens (primary N) is 1. The van der Waals surface area contributed by atoms with Crippen LogP contribution in [0.2, 0.25) is 0 Å². The average Bonchev–Trinajstić information content (AvgIpc) is 2.82. The van der Waals surface area contributed by atoms with Gasteiger partial charge in [-0.25, -0.2) is 0 Å².